The van der Waals surface area contributed by atoms with Gasteiger partial charge in [0, 0.05) is 27.9 Å². The number of methoxy groups -OCH3 is 1. The van der Waals surface area contributed by atoms with Gasteiger partial charge in [-0.05, 0) is 30.3 Å². The number of ether oxygens (including phenoxy) is 1. The molecule has 0 aliphatic rings. The number of benzene rings is 2. The highest BCUT2D eigenvalue weighted by Crippen LogP contribution is 2.34. The van der Waals surface area contributed by atoms with Crippen molar-refractivity contribution < 1.29 is 13.2 Å². The van der Waals surface area contributed by atoms with E-state index in [1.807, 2.05) is 0 Å². The van der Waals surface area contributed by atoms with Crippen LogP contribution in [0.4, 0.5) is 5.13 Å². The van der Waals surface area contributed by atoms with E-state index >= 15 is 0 Å². The Morgan fingerprint density at radius 1 is 1.21 bits per heavy atom. The van der Waals surface area contributed by atoms with Crippen molar-refractivity contribution in [1.82, 2.24) is 15.2 Å². The Hall–Kier alpha value is -3.55. The van der Waals surface area contributed by atoms with Gasteiger partial charge in [-0.1, -0.05) is 6.07 Å². The maximum atomic E-state index is 12.6. The van der Waals surface area contributed by atoms with Crippen LogP contribution in [0.1, 0.15) is 5.56 Å². The van der Waals surface area contributed by atoms with Crippen molar-refractivity contribution in [2.24, 2.45) is 0 Å². The standard InChI is InChI=1S/C19H13N5O3S2/c1-27-17-8-12(10-20)2-4-16(17)18-15-5-3-14(9-13(15)11-22-23-18)29(25,26)24-19-21-6-7-28-19/h2-9,11H,1H3,(H,21,24). The van der Waals surface area contributed by atoms with Crippen LogP contribution in [0, 0.1) is 11.3 Å². The summed E-state index contributed by atoms with van der Waals surface area (Å²) in [5.41, 5.74) is 1.64. The summed E-state index contributed by atoms with van der Waals surface area (Å²) in [5.74, 6) is 0.480. The minimum atomic E-state index is -3.79. The van der Waals surface area contributed by atoms with Gasteiger partial charge in [0.25, 0.3) is 10.0 Å². The van der Waals surface area contributed by atoms with E-state index in [0.717, 1.165) is 0 Å². The Morgan fingerprint density at radius 3 is 2.79 bits per heavy atom. The number of nitrogens with zero attached hydrogens (tertiary/aromatic N) is 4. The number of nitrogens with one attached hydrogen (secondary N) is 1. The monoisotopic (exact) mass is 423 g/mol. The molecule has 0 fully saturated rings. The molecule has 1 N–H and O–H groups in total. The van der Waals surface area contributed by atoms with E-state index in [9.17, 15) is 8.42 Å². The third-order valence-corrected chi connectivity index (χ3v) is 6.34. The number of hydrogen-bond acceptors (Lipinski definition) is 8. The zero-order chi connectivity index (χ0) is 20.4. The van der Waals surface area contributed by atoms with Crippen LogP contribution in [0.2, 0.25) is 0 Å². The molecule has 2 heterocycles. The van der Waals surface area contributed by atoms with Crippen molar-refractivity contribution in [2.45, 2.75) is 4.90 Å². The molecule has 0 unspecified atom stereocenters. The summed E-state index contributed by atoms with van der Waals surface area (Å²) in [6, 6.07) is 11.8. The lowest BCUT2D eigenvalue weighted by Gasteiger charge is -2.11. The molecule has 29 heavy (non-hydrogen) atoms. The molecule has 0 amide bonds. The minimum absolute atomic E-state index is 0.0888. The largest absolute Gasteiger partial charge is 0.496 e. The summed E-state index contributed by atoms with van der Waals surface area (Å²) < 4.78 is 33.1. The molecule has 144 valence electrons. The van der Waals surface area contributed by atoms with Gasteiger partial charge in [0.05, 0.1) is 29.8 Å². The molecule has 10 heteroatoms. The first-order valence-corrected chi connectivity index (χ1v) is 10.6. The Labute approximate surface area is 170 Å². The van der Waals surface area contributed by atoms with Gasteiger partial charge in [-0.15, -0.1) is 16.4 Å². The van der Waals surface area contributed by atoms with Gasteiger partial charge < -0.3 is 4.74 Å². The first kappa shape index (κ1) is 18.8. The summed E-state index contributed by atoms with van der Waals surface area (Å²) >= 11 is 1.19. The summed E-state index contributed by atoms with van der Waals surface area (Å²) in [5, 5.41) is 20.6. The van der Waals surface area contributed by atoms with Crippen molar-refractivity contribution in [3.05, 3.63) is 59.7 Å². The van der Waals surface area contributed by atoms with Gasteiger partial charge in [-0.3, -0.25) is 4.72 Å². The lowest BCUT2D eigenvalue weighted by molar-refractivity contribution is 0.416. The van der Waals surface area contributed by atoms with Crippen molar-refractivity contribution in [1.29, 1.82) is 5.26 Å². The van der Waals surface area contributed by atoms with Crippen molar-refractivity contribution in [2.75, 3.05) is 11.8 Å². The van der Waals surface area contributed by atoms with Gasteiger partial charge >= 0.3 is 0 Å². The molecule has 4 rings (SSSR count). The molecule has 0 atom stereocenters. The van der Waals surface area contributed by atoms with Crippen LogP contribution < -0.4 is 9.46 Å². The number of nitriles is 1. The number of aromatic nitrogens is 3. The second-order valence-corrected chi connectivity index (χ2v) is 8.49. The van der Waals surface area contributed by atoms with E-state index in [4.69, 9.17) is 10.00 Å². The van der Waals surface area contributed by atoms with Crippen LogP contribution in [0.5, 0.6) is 5.75 Å². The molecule has 2 aromatic carbocycles. The SMILES string of the molecule is COc1cc(C#N)ccc1-c1nncc2cc(S(=O)(=O)Nc3nccs3)ccc12. The average molecular weight is 423 g/mol. The summed E-state index contributed by atoms with van der Waals surface area (Å²) in [4.78, 5) is 4.03. The van der Waals surface area contributed by atoms with E-state index < -0.39 is 10.0 Å². The second-order valence-electron chi connectivity index (χ2n) is 5.91. The summed E-state index contributed by atoms with van der Waals surface area (Å²) in [6.07, 6.45) is 3.02. The maximum absolute atomic E-state index is 12.6. The third-order valence-electron chi connectivity index (χ3n) is 4.18. The molecule has 0 saturated carbocycles. The molecular formula is C19H13N5O3S2. The predicted octanol–water partition coefficient (Wildman–Crippen LogP) is 3.43. The van der Waals surface area contributed by atoms with Crippen LogP contribution in [0.15, 0.2) is 59.1 Å². The highest BCUT2D eigenvalue weighted by Gasteiger charge is 2.18. The highest BCUT2D eigenvalue weighted by atomic mass is 32.2. The number of sulfonamides is 1. The molecule has 0 aliphatic heterocycles. The average Bonchev–Trinajstić information content (AvgIpc) is 3.24. The molecule has 0 spiro atoms. The quantitative estimate of drug-likeness (QED) is 0.522. The fraction of sp³-hybridized carbons (Fsp3) is 0.0526. The van der Waals surface area contributed by atoms with Crippen LogP contribution in [0.25, 0.3) is 22.0 Å². The third kappa shape index (κ3) is 3.61. The maximum Gasteiger partial charge on any atom is 0.263 e. The summed E-state index contributed by atoms with van der Waals surface area (Å²) in [6.45, 7) is 0. The Balaban J connectivity index is 1.81. The van der Waals surface area contributed by atoms with E-state index in [-0.39, 0.29) is 4.90 Å². The fourth-order valence-electron chi connectivity index (χ4n) is 2.84. The van der Waals surface area contributed by atoms with Crippen LogP contribution in [-0.4, -0.2) is 30.7 Å². The first-order chi connectivity index (χ1) is 14.0. The molecule has 8 nitrogen and oxygen atoms in total. The van der Waals surface area contributed by atoms with Crippen molar-refractivity contribution in [3.63, 3.8) is 0 Å². The molecule has 0 aliphatic carbocycles. The van der Waals surface area contributed by atoms with E-state index in [2.05, 4.69) is 26.0 Å². The van der Waals surface area contributed by atoms with Gasteiger partial charge in [-0.2, -0.15) is 10.4 Å². The molecular weight excluding hydrogens is 410 g/mol. The number of thiazole rings is 1. The molecule has 4 aromatic rings. The van der Waals surface area contributed by atoms with Crippen LogP contribution >= 0.6 is 11.3 Å². The smallest absolute Gasteiger partial charge is 0.263 e. The lowest BCUT2D eigenvalue weighted by Crippen LogP contribution is -2.12. The Morgan fingerprint density at radius 2 is 2.07 bits per heavy atom. The second kappa shape index (κ2) is 7.46. The zero-order valence-electron chi connectivity index (χ0n) is 15.0. The van der Waals surface area contributed by atoms with Gasteiger partial charge in [0.2, 0.25) is 0 Å². The number of rotatable bonds is 5. The Bertz CT molecular complexity index is 1350. The van der Waals surface area contributed by atoms with Gasteiger partial charge in [-0.25, -0.2) is 13.4 Å². The van der Waals surface area contributed by atoms with Crippen LogP contribution in [0.3, 0.4) is 0 Å². The number of hydrogen-bond donors (Lipinski definition) is 1. The van der Waals surface area contributed by atoms with Gasteiger partial charge in [0.15, 0.2) is 5.13 Å². The molecule has 0 saturated heterocycles. The first-order valence-electron chi connectivity index (χ1n) is 8.28. The number of anilines is 1. The summed E-state index contributed by atoms with van der Waals surface area (Å²) in [7, 11) is -2.28. The van der Waals surface area contributed by atoms with Crippen molar-refractivity contribution in [3.8, 4) is 23.1 Å². The predicted molar refractivity (Wildman–Crippen MR) is 109 cm³/mol. The fourth-order valence-corrected chi connectivity index (χ4v) is 4.66. The van der Waals surface area contributed by atoms with Crippen LogP contribution in [-0.2, 0) is 10.0 Å². The van der Waals surface area contributed by atoms with E-state index in [1.54, 1.807) is 29.6 Å². The molecule has 0 radical (unpaired) electrons. The lowest BCUT2D eigenvalue weighted by atomic mass is 10.0. The Kier molecular flexibility index (Phi) is 4.84. The van der Waals surface area contributed by atoms with E-state index in [1.165, 1.54) is 43.0 Å². The van der Waals surface area contributed by atoms with Gasteiger partial charge in [0.1, 0.15) is 11.4 Å². The van der Waals surface area contributed by atoms with Crippen molar-refractivity contribution >= 4 is 37.3 Å². The topological polar surface area (TPSA) is 118 Å². The molecule has 2 aromatic heterocycles. The zero-order valence-corrected chi connectivity index (χ0v) is 16.7. The minimum Gasteiger partial charge on any atom is -0.496 e. The number of fused-ring (bicyclic) bond motifs is 1. The molecule has 0 bridgehead atoms. The normalized spacial score (nSPS) is 11.2. The highest BCUT2D eigenvalue weighted by molar-refractivity contribution is 7.93. The van der Waals surface area contributed by atoms with E-state index in [0.29, 0.717) is 38.5 Å².